The van der Waals surface area contributed by atoms with Gasteiger partial charge in [0.15, 0.2) is 11.8 Å². The van der Waals surface area contributed by atoms with Crippen LogP contribution in [0.25, 0.3) is 0 Å². The molecule has 1 unspecified atom stereocenters. The van der Waals surface area contributed by atoms with E-state index < -0.39 is 6.10 Å². The molecule has 1 atom stereocenters. The van der Waals surface area contributed by atoms with E-state index in [0.29, 0.717) is 13.2 Å². The first-order chi connectivity index (χ1) is 7.31. The number of aromatic nitrogens is 1. The molecule has 15 heavy (non-hydrogen) atoms. The van der Waals surface area contributed by atoms with Crippen LogP contribution < -0.4 is 0 Å². The molecule has 1 aliphatic heterocycles. The Bertz CT molecular complexity index is 382. The maximum absolute atomic E-state index is 11.8. The van der Waals surface area contributed by atoms with E-state index in [4.69, 9.17) is 10.00 Å². The van der Waals surface area contributed by atoms with Gasteiger partial charge < -0.3 is 14.2 Å². The first-order valence-corrected chi connectivity index (χ1v) is 4.52. The zero-order chi connectivity index (χ0) is 10.7. The predicted octanol–water partition coefficient (Wildman–Crippen LogP) is 0.0392. The Labute approximate surface area is 86.0 Å². The summed E-state index contributed by atoms with van der Waals surface area (Å²) in [5.41, 5.74) is 0.258. The standard InChI is InChI=1S/C9H9N3O3/c10-5-7-6-12(2-4-14-7)9(13)8-1-3-15-11-8/h1,3,7H,2,4,6H2. The molecule has 1 fully saturated rings. The molecule has 78 valence electrons. The van der Waals surface area contributed by atoms with Crippen molar-refractivity contribution in [3.05, 3.63) is 18.0 Å². The van der Waals surface area contributed by atoms with Gasteiger partial charge in [0.05, 0.1) is 19.2 Å². The van der Waals surface area contributed by atoms with Gasteiger partial charge in [-0.1, -0.05) is 5.16 Å². The maximum atomic E-state index is 11.8. The minimum absolute atomic E-state index is 0.229. The molecule has 1 saturated heterocycles. The van der Waals surface area contributed by atoms with Crippen molar-refractivity contribution in [2.45, 2.75) is 6.10 Å². The summed E-state index contributed by atoms with van der Waals surface area (Å²) in [6.45, 7) is 1.13. The van der Waals surface area contributed by atoms with Gasteiger partial charge in [0.2, 0.25) is 0 Å². The van der Waals surface area contributed by atoms with E-state index in [2.05, 4.69) is 9.68 Å². The van der Waals surface area contributed by atoms with Crippen molar-refractivity contribution < 1.29 is 14.1 Å². The fourth-order valence-electron chi connectivity index (χ4n) is 1.40. The van der Waals surface area contributed by atoms with E-state index in [9.17, 15) is 4.79 Å². The number of rotatable bonds is 1. The topological polar surface area (TPSA) is 79.4 Å². The Kier molecular flexibility index (Phi) is 2.65. The number of nitriles is 1. The summed E-state index contributed by atoms with van der Waals surface area (Å²) < 4.78 is 9.71. The van der Waals surface area contributed by atoms with Crippen molar-refractivity contribution in [2.75, 3.05) is 19.7 Å². The fourth-order valence-corrected chi connectivity index (χ4v) is 1.40. The molecule has 2 heterocycles. The lowest BCUT2D eigenvalue weighted by atomic mass is 10.2. The van der Waals surface area contributed by atoms with E-state index in [1.165, 1.54) is 17.2 Å². The number of morpholine rings is 1. The number of hydrogen-bond acceptors (Lipinski definition) is 5. The number of amides is 1. The first kappa shape index (κ1) is 9.68. The smallest absolute Gasteiger partial charge is 0.276 e. The molecule has 0 N–H and O–H groups in total. The molecule has 0 radical (unpaired) electrons. The Morgan fingerprint density at radius 1 is 1.73 bits per heavy atom. The molecule has 1 aromatic heterocycles. The molecular weight excluding hydrogens is 198 g/mol. The van der Waals surface area contributed by atoms with Crippen LogP contribution in [0.3, 0.4) is 0 Å². The Morgan fingerprint density at radius 3 is 3.27 bits per heavy atom. The van der Waals surface area contributed by atoms with Crippen LogP contribution in [-0.4, -0.2) is 41.8 Å². The van der Waals surface area contributed by atoms with Crippen LogP contribution in [0.1, 0.15) is 10.5 Å². The van der Waals surface area contributed by atoms with E-state index in [1.807, 2.05) is 6.07 Å². The molecule has 6 heteroatoms. The third kappa shape index (κ3) is 1.97. The Morgan fingerprint density at radius 2 is 2.60 bits per heavy atom. The minimum atomic E-state index is -0.547. The number of hydrogen-bond donors (Lipinski definition) is 0. The van der Waals surface area contributed by atoms with E-state index in [-0.39, 0.29) is 18.1 Å². The van der Waals surface area contributed by atoms with Gasteiger partial charge in [0.25, 0.3) is 5.91 Å². The molecule has 2 rings (SSSR count). The second-order valence-electron chi connectivity index (χ2n) is 3.12. The molecule has 6 nitrogen and oxygen atoms in total. The Balaban J connectivity index is 2.05. The van der Waals surface area contributed by atoms with Crippen LogP contribution in [0, 0.1) is 11.3 Å². The summed E-state index contributed by atoms with van der Waals surface area (Å²) in [6.07, 6.45) is 0.796. The normalized spacial score (nSPS) is 21.0. The van der Waals surface area contributed by atoms with Gasteiger partial charge >= 0.3 is 0 Å². The van der Waals surface area contributed by atoms with Gasteiger partial charge in [0.1, 0.15) is 6.26 Å². The summed E-state index contributed by atoms with van der Waals surface area (Å²) in [5.74, 6) is -0.229. The SMILES string of the molecule is N#CC1CN(C(=O)c2ccon2)CCO1. The van der Waals surface area contributed by atoms with Crippen molar-refractivity contribution in [3.63, 3.8) is 0 Å². The van der Waals surface area contributed by atoms with Gasteiger partial charge in [-0.2, -0.15) is 5.26 Å². The maximum Gasteiger partial charge on any atom is 0.276 e. The highest BCUT2D eigenvalue weighted by Crippen LogP contribution is 2.08. The number of nitrogens with zero attached hydrogens (tertiary/aromatic N) is 3. The molecule has 1 aromatic rings. The van der Waals surface area contributed by atoms with Gasteiger partial charge in [-0.05, 0) is 0 Å². The van der Waals surface area contributed by atoms with Crippen molar-refractivity contribution in [1.29, 1.82) is 5.26 Å². The lowest BCUT2D eigenvalue weighted by Gasteiger charge is -2.28. The van der Waals surface area contributed by atoms with Crippen LogP contribution >= 0.6 is 0 Å². The van der Waals surface area contributed by atoms with Crippen molar-refractivity contribution in [1.82, 2.24) is 10.1 Å². The molecule has 0 aliphatic carbocycles. The van der Waals surface area contributed by atoms with Crippen molar-refractivity contribution >= 4 is 5.91 Å². The lowest BCUT2D eigenvalue weighted by molar-refractivity contribution is 0.00303. The van der Waals surface area contributed by atoms with Gasteiger partial charge in [0, 0.05) is 12.6 Å². The van der Waals surface area contributed by atoms with E-state index in [1.54, 1.807) is 0 Å². The average molecular weight is 207 g/mol. The monoisotopic (exact) mass is 207 g/mol. The summed E-state index contributed by atoms with van der Waals surface area (Å²) in [7, 11) is 0. The molecule has 0 saturated carbocycles. The molecule has 0 spiro atoms. The number of carbonyl (C=O) groups is 1. The second-order valence-corrected chi connectivity index (χ2v) is 3.12. The zero-order valence-electron chi connectivity index (χ0n) is 7.92. The highest BCUT2D eigenvalue weighted by atomic mass is 16.5. The molecular formula is C9H9N3O3. The summed E-state index contributed by atoms with van der Waals surface area (Å²) in [6, 6.07) is 3.47. The van der Waals surface area contributed by atoms with Gasteiger partial charge in [-0.25, -0.2) is 0 Å². The average Bonchev–Trinajstić information content (AvgIpc) is 2.81. The van der Waals surface area contributed by atoms with Crippen LogP contribution in [0.2, 0.25) is 0 Å². The molecule has 1 amide bonds. The molecule has 1 aliphatic rings. The summed E-state index contributed by atoms with van der Waals surface area (Å²) >= 11 is 0. The van der Waals surface area contributed by atoms with Crippen LogP contribution in [0.15, 0.2) is 16.9 Å². The van der Waals surface area contributed by atoms with Crippen molar-refractivity contribution in [2.24, 2.45) is 0 Å². The van der Waals surface area contributed by atoms with E-state index in [0.717, 1.165) is 0 Å². The highest BCUT2D eigenvalue weighted by Gasteiger charge is 2.25. The Hall–Kier alpha value is -1.87. The molecule has 0 bridgehead atoms. The fraction of sp³-hybridized carbons (Fsp3) is 0.444. The quantitative estimate of drug-likeness (QED) is 0.649. The molecule has 0 aromatic carbocycles. The minimum Gasteiger partial charge on any atom is -0.364 e. The van der Waals surface area contributed by atoms with Crippen LogP contribution in [0.5, 0.6) is 0 Å². The number of ether oxygens (including phenoxy) is 1. The van der Waals surface area contributed by atoms with Crippen molar-refractivity contribution in [3.8, 4) is 6.07 Å². The lowest BCUT2D eigenvalue weighted by Crippen LogP contribution is -2.45. The second kappa shape index (κ2) is 4.11. The third-order valence-corrected chi connectivity index (χ3v) is 2.15. The van der Waals surface area contributed by atoms with Crippen LogP contribution in [0.4, 0.5) is 0 Å². The highest BCUT2D eigenvalue weighted by molar-refractivity contribution is 5.92. The first-order valence-electron chi connectivity index (χ1n) is 4.52. The van der Waals surface area contributed by atoms with Crippen LogP contribution in [-0.2, 0) is 4.74 Å². The van der Waals surface area contributed by atoms with Gasteiger partial charge in [-0.15, -0.1) is 0 Å². The zero-order valence-corrected chi connectivity index (χ0v) is 7.92. The third-order valence-electron chi connectivity index (χ3n) is 2.15. The number of carbonyl (C=O) groups excluding carboxylic acids is 1. The summed E-state index contributed by atoms with van der Waals surface area (Å²) in [5, 5.41) is 12.2. The van der Waals surface area contributed by atoms with Gasteiger partial charge in [-0.3, -0.25) is 4.79 Å². The predicted molar refractivity (Wildman–Crippen MR) is 47.8 cm³/mol. The largest absolute Gasteiger partial charge is 0.364 e. The van der Waals surface area contributed by atoms with E-state index >= 15 is 0 Å². The summed E-state index contributed by atoms with van der Waals surface area (Å²) in [4.78, 5) is 13.3.